The summed E-state index contributed by atoms with van der Waals surface area (Å²) in [5, 5.41) is 8.31. The van der Waals surface area contributed by atoms with Gasteiger partial charge in [0, 0.05) is 5.57 Å². The zero-order chi connectivity index (χ0) is 35.5. The molecule has 0 aromatic rings. The van der Waals surface area contributed by atoms with E-state index in [1.165, 1.54) is 0 Å². The largest absolute Gasteiger partial charge is 0.460 e. The Morgan fingerprint density at radius 3 is 0.744 bits per heavy atom. The molecule has 0 aromatic heterocycles. The van der Waals surface area contributed by atoms with Crippen molar-refractivity contribution in [3.05, 3.63) is 11.6 Å². The topological polar surface area (TPSA) is 23.8 Å². The fraction of sp³-hybridized carbons (Fsp3) is 0.812. The van der Waals surface area contributed by atoms with Gasteiger partial charge in [0.1, 0.15) is 0 Å². The van der Waals surface area contributed by atoms with Gasteiger partial charge in [-0.05, 0) is 6.08 Å². The minimum atomic E-state index is -9.13. The second-order valence-corrected chi connectivity index (χ2v) is 8.22. The van der Waals surface area contributed by atoms with E-state index >= 15 is 0 Å². The highest BCUT2D eigenvalue weighted by molar-refractivity contribution is 5.57. The number of hydrogen-bond donors (Lipinski definition) is 0. The van der Waals surface area contributed by atoms with Gasteiger partial charge in [-0.15, -0.1) is 0 Å². The molecule has 0 heterocycles. The van der Waals surface area contributed by atoms with Gasteiger partial charge in [0.25, 0.3) is 0 Å². The summed E-state index contributed by atoms with van der Waals surface area (Å²) in [6, 6.07) is -0.411. The van der Waals surface area contributed by atoms with Gasteiger partial charge in [0.05, 0.1) is 6.07 Å². The van der Waals surface area contributed by atoms with Crippen molar-refractivity contribution in [2.45, 2.75) is 71.6 Å². The van der Waals surface area contributed by atoms with E-state index in [-0.39, 0.29) is 0 Å². The lowest BCUT2D eigenvalue weighted by Crippen LogP contribution is -2.76. The van der Waals surface area contributed by atoms with Gasteiger partial charge in [0.15, 0.2) is 5.41 Å². The second kappa shape index (κ2) is 8.99. The maximum absolute atomic E-state index is 14.5. The van der Waals surface area contributed by atoms with Gasteiger partial charge >= 0.3 is 71.6 Å². The predicted molar refractivity (Wildman–Crippen MR) is 77.7 cm³/mol. The Morgan fingerprint density at radius 1 is 0.372 bits per heavy atom. The molecular formula is C16HF26N. The van der Waals surface area contributed by atoms with Crippen molar-refractivity contribution in [3.63, 3.8) is 0 Å². The van der Waals surface area contributed by atoms with E-state index in [0.717, 1.165) is 0 Å². The van der Waals surface area contributed by atoms with E-state index in [4.69, 9.17) is 5.26 Å². The molecule has 43 heavy (non-hydrogen) atoms. The summed E-state index contributed by atoms with van der Waals surface area (Å²) in [6.45, 7) is 0. The van der Waals surface area contributed by atoms with Crippen molar-refractivity contribution >= 4 is 0 Å². The molecule has 27 heteroatoms. The van der Waals surface area contributed by atoms with Crippen LogP contribution in [0.3, 0.4) is 0 Å². The van der Waals surface area contributed by atoms with Gasteiger partial charge in [-0.3, -0.25) is 0 Å². The van der Waals surface area contributed by atoms with Crippen molar-refractivity contribution < 1.29 is 114 Å². The molecule has 0 atom stereocenters. The lowest BCUT2D eigenvalue weighted by molar-refractivity contribution is -0.464. The van der Waals surface area contributed by atoms with E-state index in [1.54, 1.807) is 0 Å². The molecule has 0 aromatic carbocycles. The monoisotopic (exact) mass is 701 g/mol. The molecule has 0 spiro atoms. The number of alkyl halides is 26. The Bertz CT molecular complexity index is 1100. The van der Waals surface area contributed by atoms with Gasteiger partial charge in [-0.1, -0.05) is 0 Å². The fourth-order valence-electron chi connectivity index (χ4n) is 3.05. The first-order valence-corrected chi connectivity index (χ1v) is 9.21. The van der Waals surface area contributed by atoms with Crippen LogP contribution in [0.15, 0.2) is 11.6 Å². The van der Waals surface area contributed by atoms with Crippen molar-refractivity contribution in [2.75, 3.05) is 0 Å². The van der Waals surface area contributed by atoms with E-state index in [9.17, 15) is 114 Å². The summed E-state index contributed by atoms with van der Waals surface area (Å²) in [5.74, 6) is -88.9. The third kappa shape index (κ3) is 4.07. The summed E-state index contributed by atoms with van der Waals surface area (Å²) >= 11 is 0. The van der Waals surface area contributed by atoms with Crippen LogP contribution in [0.2, 0.25) is 0 Å². The van der Waals surface area contributed by atoms with Crippen LogP contribution in [0.5, 0.6) is 0 Å². The highest BCUT2D eigenvalue weighted by atomic mass is 19.4. The average Bonchev–Trinajstić information content (AvgIpc) is 3.53. The number of hydrogen-bond acceptors (Lipinski definition) is 1. The summed E-state index contributed by atoms with van der Waals surface area (Å²) in [7, 11) is 0. The fourth-order valence-corrected chi connectivity index (χ4v) is 3.05. The van der Waals surface area contributed by atoms with Crippen molar-refractivity contribution in [2.24, 2.45) is 5.41 Å². The number of allylic oxidation sites excluding steroid dienone is 2. The van der Waals surface area contributed by atoms with Crippen LogP contribution in [0.25, 0.3) is 0 Å². The van der Waals surface area contributed by atoms with Crippen LogP contribution in [0.4, 0.5) is 114 Å². The first kappa shape index (κ1) is 38.4. The highest BCUT2D eigenvalue weighted by Crippen LogP contribution is 2.75. The average molecular weight is 701 g/mol. The molecule has 0 bridgehead atoms. The Balaban J connectivity index is 4.08. The standard InChI is InChI=1S/C16HF26N/c17-5(18,7(21,22)9(25,26)11(29,30)13(33,34)15(37,38)39)4(1-3(4)2-43)6(19,20)8(23,24)10(27,28)12(31,32)14(35,36)16(40,41)42/h1H. The summed E-state index contributed by atoms with van der Waals surface area (Å²) < 4.78 is 346. The van der Waals surface area contributed by atoms with Gasteiger partial charge < -0.3 is 0 Å². The van der Waals surface area contributed by atoms with E-state index in [2.05, 4.69) is 0 Å². The van der Waals surface area contributed by atoms with Gasteiger partial charge in [-0.2, -0.15) is 119 Å². The Hall–Kier alpha value is -2.59. The molecule has 1 aliphatic rings. The minimum Gasteiger partial charge on any atom is -0.198 e. The second-order valence-electron chi connectivity index (χ2n) is 8.22. The molecule has 0 saturated heterocycles. The molecule has 1 rings (SSSR count). The molecule has 0 amide bonds. The Labute approximate surface area is 215 Å². The lowest BCUT2D eigenvalue weighted by Gasteiger charge is -2.47. The Morgan fingerprint density at radius 2 is 0.581 bits per heavy atom. The maximum Gasteiger partial charge on any atom is 0.460 e. The van der Waals surface area contributed by atoms with Crippen LogP contribution in [0.1, 0.15) is 0 Å². The molecular weight excluding hydrogens is 700 g/mol. The van der Waals surface area contributed by atoms with E-state index < -0.39 is 94.7 Å². The smallest absolute Gasteiger partial charge is 0.198 e. The summed E-state index contributed by atoms with van der Waals surface area (Å²) in [5.41, 5.74) is -10.6. The molecule has 0 unspecified atom stereocenters. The van der Waals surface area contributed by atoms with Crippen molar-refractivity contribution in [1.29, 1.82) is 5.26 Å². The van der Waals surface area contributed by atoms with E-state index in [0.29, 0.717) is 0 Å². The first-order valence-electron chi connectivity index (χ1n) is 9.21. The zero-order valence-electron chi connectivity index (χ0n) is 18.4. The number of rotatable bonds is 10. The highest BCUT2D eigenvalue weighted by Gasteiger charge is 3.00. The van der Waals surface area contributed by atoms with E-state index in [1.807, 2.05) is 0 Å². The van der Waals surface area contributed by atoms with Crippen molar-refractivity contribution in [3.8, 4) is 6.07 Å². The maximum atomic E-state index is 14.5. The van der Waals surface area contributed by atoms with Gasteiger partial charge in [0.2, 0.25) is 0 Å². The lowest BCUT2D eigenvalue weighted by atomic mass is 9.74. The summed E-state index contributed by atoms with van der Waals surface area (Å²) in [4.78, 5) is 0. The molecule has 0 aliphatic heterocycles. The first-order chi connectivity index (χ1) is 18.2. The van der Waals surface area contributed by atoms with Crippen LogP contribution >= 0.6 is 0 Å². The minimum absolute atomic E-state index is 0.411. The number of nitriles is 1. The van der Waals surface area contributed by atoms with Gasteiger partial charge in [-0.25, -0.2) is 0 Å². The zero-order valence-corrected chi connectivity index (χ0v) is 18.4. The number of nitrogens with zero attached hydrogens (tertiary/aromatic N) is 1. The molecule has 1 aliphatic carbocycles. The third-order valence-electron chi connectivity index (χ3n) is 5.68. The van der Waals surface area contributed by atoms with Crippen molar-refractivity contribution in [1.82, 2.24) is 0 Å². The van der Waals surface area contributed by atoms with Crippen LogP contribution < -0.4 is 0 Å². The van der Waals surface area contributed by atoms with Crippen LogP contribution in [-0.2, 0) is 0 Å². The molecule has 0 saturated carbocycles. The normalized spacial score (nSPS) is 18.8. The summed E-state index contributed by atoms with van der Waals surface area (Å²) in [6.07, 6.45) is -18.3. The SMILES string of the molecule is N#CC1=CC1(C(F)(F)C(F)(F)C(F)(F)C(F)(F)C(F)(F)C(F)(F)F)C(F)(F)C(F)(F)C(F)(F)C(F)(F)C(F)(F)C(F)(F)F. The number of halogens is 26. The molecule has 252 valence electrons. The predicted octanol–water partition coefficient (Wildman–Crippen LogP) is 8.91. The Kier molecular flexibility index (Phi) is 8.04. The third-order valence-corrected chi connectivity index (χ3v) is 5.68. The van der Waals surface area contributed by atoms with Crippen LogP contribution in [0, 0.1) is 16.7 Å². The molecule has 0 N–H and O–H groups in total. The van der Waals surface area contributed by atoms with Crippen LogP contribution in [-0.4, -0.2) is 71.6 Å². The molecule has 0 radical (unpaired) electrons. The quantitative estimate of drug-likeness (QED) is 0.209. The molecule has 0 fully saturated rings. The molecule has 1 nitrogen and oxygen atoms in total.